The quantitative estimate of drug-likeness (QED) is 0.178. The molecule has 7 nitrogen and oxygen atoms in total. The molecule has 9 heteroatoms. The van der Waals surface area contributed by atoms with Crippen molar-refractivity contribution in [3.8, 4) is 6.26 Å². The average Bonchev–Trinajstić information content (AvgIpc) is 3.05. The molecule has 3 rings (SSSR count). The molecule has 4 N–H and O–H groups in total. The molecule has 0 unspecified atom stereocenters. The van der Waals surface area contributed by atoms with E-state index in [0.717, 1.165) is 37.3 Å². The van der Waals surface area contributed by atoms with Crippen LogP contribution in [0.3, 0.4) is 0 Å². The first-order valence-electron chi connectivity index (χ1n) is 11.0. The molecule has 0 saturated heterocycles. The van der Waals surface area contributed by atoms with Gasteiger partial charge in [0.25, 0.3) is 6.26 Å². The Balaban J connectivity index is 1.56. The highest BCUT2D eigenvalue weighted by Crippen LogP contribution is 2.29. The highest BCUT2D eigenvalue weighted by Gasteiger charge is 2.35. The van der Waals surface area contributed by atoms with Gasteiger partial charge in [-0.2, -0.15) is 9.65 Å². The summed E-state index contributed by atoms with van der Waals surface area (Å²) in [6.45, 7) is 2.80. The summed E-state index contributed by atoms with van der Waals surface area (Å²) >= 11 is 5.95. The van der Waals surface area contributed by atoms with E-state index < -0.39 is 11.5 Å². The molecule has 0 atom stereocenters. The third-order valence-electron chi connectivity index (χ3n) is 5.90. The van der Waals surface area contributed by atoms with E-state index in [0.29, 0.717) is 17.3 Å². The molecule has 1 aliphatic carbocycles. The Bertz CT molecular complexity index is 1070. The van der Waals surface area contributed by atoms with E-state index in [1.165, 1.54) is 23.9 Å². The lowest BCUT2D eigenvalue weighted by Crippen LogP contribution is -2.52. The average molecular weight is 483 g/mol. The van der Waals surface area contributed by atoms with Gasteiger partial charge in [0.1, 0.15) is 12.4 Å². The van der Waals surface area contributed by atoms with Crippen LogP contribution < -0.4 is 16.0 Å². The zero-order chi connectivity index (χ0) is 24.4. The first-order valence-corrected chi connectivity index (χ1v) is 11.4. The Labute approximate surface area is 204 Å². The van der Waals surface area contributed by atoms with Crippen molar-refractivity contribution in [2.45, 2.75) is 50.7 Å². The predicted octanol–water partition coefficient (Wildman–Crippen LogP) is 4.60. The van der Waals surface area contributed by atoms with E-state index in [4.69, 9.17) is 27.0 Å². The van der Waals surface area contributed by atoms with Crippen molar-refractivity contribution < 1.29 is 9.13 Å². The first kappa shape index (κ1) is 25.3. The molecule has 0 aromatic heterocycles. The highest BCUT2D eigenvalue weighted by atomic mass is 35.5. The molecule has 34 heavy (non-hydrogen) atoms. The van der Waals surface area contributed by atoms with E-state index >= 15 is 0 Å². The van der Waals surface area contributed by atoms with E-state index in [1.807, 2.05) is 24.3 Å². The van der Waals surface area contributed by atoms with Crippen molar-refractivity contribution in [1.29, 1.82) is 10.7 Å². The number of nitriles is 1. The van der Waals surface area contributed by atoms with Crippen LogP contribution in [-0.4, -0.2) is 30.0 Å². The summed E-state index contributed by atoms with van der Waals surface area (Å²) in [5.41, 5.74) is 4.49. The number of hydrogen-bond acceptors (Lipinski definition) is 6. The van der Waals surface area contributed by atoms with Gasteiger partial charge in [0.05, 0.1) is 17.4 Å². The summed E-state index contributed by atoms with van der Waals surface area (Å²) in [4.78, 5) is 3.52. The molecule has 0 amide bonds. The molecule has 0 spiro atoms. The van der Waals surface area contributed by atoms with Gasteiger partial charge < -0.3 is 20.7 Å². The number of amidine groups is 1. The number of aliphatic imine (C=N–C) groups is 1. The fourth-order valence-corrected chi connectivity index (χ4v) is 3.95. The number of hydrogen-bond donors (Lipinski definition) is 4. The Morgan fingerprint density at radius 1 is 1.38 bits per heavy atom. The van der Waals surface area contributed by atoms with Gasteiger partial charge in [-0.25, -0.2) is 4.99 Å². The van der Waals surface area contributed by atoms with Gasteiger partial charge in [-0.05, 0) is 50.3 Å². The standard InChI is InChI=1S/C25H28ClFN6O/c1-18(24(29)33-22-3-2-12-30-23(27)13-22)14-32-25(16-34-17-28)10-8-21(9-11-25)31-15-19-4-6-20(26)7-5-19/h3-7,12-14,21,31-32H,8-11,15-16H2,1H3,(H2,29,33)/b18-14-. The van der Waals surface area contributed by atoms with Crippen LogP contribution in [0.5, 0.6) is 0 Å². The fourth-order valence-electron chi connectivity index (χ4n) is 3.82. The van der Waals surface area contributed by atoms with Crippen LogP contribution in [0.2, 0.25) is 5.02 Å². The molecule has 1 aromatic carbocycles. The van der Waals surface area contributed by atoms with Gasteiger partial charge in [-0.15, -0.1) is 0 Å². The number of rotatable bonds is 9. The third-order valence-corrected chi connectivity index (χ3v) is 6.15. The molecule has 1 saturated carbocycles. The summed E-state index contributed by atoms with van der Waals surface area (Å²) < 4.78 is 18.6. The molecule has 1 heterocycles. The maximum absolute atomic E-state index is 13.5. The molecule has 178 valence electrons. The Kier molecular flexibility index (Phi) is 9.06. The number of nitrogens with one attached hydrogen (secondary N) is 4. The second-order valence-corrected chi connectivity index (χ2v) is 8.84. The topological polar surface area (TPSA) is 105 Å². The number of allylic oxidation sites excluding steroid dienone is 2. The second-order valence-electron chi connectivity index (χ2n) is 8.41. The van der Waals surface area contributed by atoms with Gasteiger partial charge in [-0.3, -0.25) is 5.41 Å². The summed E-state index contributed by atoms with van der Waals surface area (Å²) in [6, 6.07) is 8.16. The lowest BCUT2D eigenvalue weighted by atomic mass is 9.79. The minimum absolute atomic E-state index is 0.112. The maximum atomic E-state index is 13.5. The lowest BCUT2D eigenvalue weighted by Gasteiger charge is -2.40. The predicted molar refractivity (Wildman–Crippen MR) is 132 cm³/mol. The van der Waals surface area contributed by atoms with Crippen molar-refractivity contribution in [2.24, 2.45) is 4.99 Å². The SMILES string of the molecule is C/C(=C/NC1(COC#N)CCC(NCc2ccc(Cl)cc2)CC1)C(=N)NC1=CC(F)=NC=C=C1. The van der Waals surface area contributed by atoms with Crippen LogP contribution in [0.1, 0.15) is 38.2 Å². The van der Waals surface area contributed by atoms with Gasteiger partial charge in [0, 0.05) is 41.5 Å². The molecule has 0 bridgehead atoms. The first-order chi connectivity index (χ1) is 16.4. The van der Waals surface area contributed by atoms with E-state index in [2.05, 4.69) is 26.7 Å². The number of ether oxygens (including phenoxy) is 1. The fraction of sp³-hybridized carbons (Fsp3) is 0.360. The van der Waals surface area contributed by atoms with Crippen molar-refractivity contribution in [3.05, 3.63) is 76.4 Å². The van der Waals surface area contributed by atoms with E-state index in [9.17, 15) is 4.39 Å². The zero-order valence-electron chi connectivity index (χ0n) is 19.0. The second kappa shape index (κ2) is 12.2. The van der Waals surface area contributed by atoms with Crippen molar-refractivity contribution in [3.63, 3.8) is 0 Å². The van der Waals surface area contributed by atoms with Crippen LogP contribution in [0.25, 0.3) is 0 Å². The minimum Gasteiger partial charge on any atom is -0.425 e. The Morgan fingerprint density at radius 2 is 2.12 bits per heavy atom. The van der Waals surface area contributed by atoms with Gasteiger partial charge in [-0.1, -0.05) is 29.5 Å². The van der Waals surface area contributed by atoms with Crippen LogP contribution in [0.15, 0.2) is 70.8 Å². The van der Waals surface area contributed by atoms with E-state index in [-0.39, 0.29) is 12.4 Å². The molecule has 1 fully saturated rings. The zero-order valence-corrected chi connectivity index (χ0v) is 19.8. The molecular weight excluding hydrogens is 455 g/mol. The van der Waals surface area contributed by atoms with Crippen molar-refractivity contribution in [1.82, 2.24) is 16.0 Å². The summed E-state index contributed by atoms with van der Waals surface area (Å²) in [7, 11) is 0. The summed E-state index contributed by atoms with van der Waals surface area (Å²) in [5, 5.41) is 27.8. The van der Waals surface area contributed by atoms with Gasteiger partial charge >= 0.3 is 0 Å². The number of nitrogens with zero attached hydrogens (tertiary/aromatic N) is 2. The van der Waals surface area contributed by atoms with E-state index in [1.54, 1.807) is 19.4 Å². The summed E-state index contributed by atoms with van der Waals surface area (Å²) in [6.07, 6.45) is 10.9. The molecular formula is C25H28ClFN6O. The van der Waals surface area contributed by atoms with Crippen molar-refractivity contribution in [2.75, 3.05) is 6.61 Å². The van der Waals surface area contributed by atoms with Gasteiger partial charge in [0.2, 0.25) is 5.97 Å². The highest BCUT2D eigenvalue weighted by molar-refractivity contribution is 6.30. The van der Waals surface area contributed by atoms with Crippen LogP contribution in [-0.2, 0) is 11.3 Å². The van der Waals surface area contributed by atoms with Crippen LogP contribution in [0, 0.1) is 16.9 Å². The Hall–Kier alpha value is -3.37. The van der Waals surface area contributed by atoms with Crippen LogP contribution in [0.4, 0.5) is 4.39 Å². The van der Waals surface area contributed by atoms with Gasteiger partial charge in [0.15, 0.2) is 0 Å². The Morgan fingerprint density at radius 3 is 2.82 bits per heavy atom. The van der Waals surface area contributed by atoms with Crippen molar-refractivity contribution >= 4 is 23.4 Å². The van der Waals surface area contributed by atoms with Crippen LogP contribution >= 0.6 is 11.6 Å². The molecule has 0 radical (unpaired) electrons. The molecule has 1 aliphatic heterocycles. The number of benzene rings is 1. The smallest absolute Gasteiger partial charge is 0.286 e. The summed E-state index contributed by atoms with van der Waals surface area (Å²) in [5.74, 6) is -0.550. The minimum atomic E-state index is -0.662. The normalized spacial score (nSPS) is 22.2. The third kappa shape index (κ3) is 7.60. The maximum Gasteiger partial charge on any atom is 0.286 e. The lowest BCUT2D eigenvalue weighted by molar-refractivity contribution is 0.116. The largest absolute Gasteiger partial charge is 0.425 e. The monoisotopic (exact) mass is 482 g/mol. The molecule has 1 aromatic rings. The number of halogens is 2. The molecule has 2 aliphatic rings.